The van der Waals surface area contributed by atoms with Gasteiger partial charge in [0.1, 0.15) is 23.7 Å². The van der Waals surface area contributed by atoms with Crippen molar-refractivity contribution in [2.24, 2.45) is 17.3 Å². The Labute approximate surface area is 370 Å². The van der Waals surface area contributed by atoms with E-state index in [0.29, 0.717) is 70.1 Å². The van der Waals surface area contributed by atoms with Gasteiger partial charge in [-0.25, -0.2) is 19.6 Å². The van der Waals surface area contributed by atoms with Crippen molar-refractivity contribution in [3.05, 3.63) is 83.6 Å². The molecule has 1 saturated heterocycles. The number of ether oxygens (including phenoxy) is 2. The molecule has 2 aromatic heterocycles. The maximum absolute atomic E-state index is 16.6. The summed E-state index contributed by atoms with van der Waals surface area (Å²) >= 11 is 0. The van der Waals surface area contributed by atoms with Gasteiger partial charge >= 0.3 is 12.2 Å². The maximum atomic E-state index is 16.6. The molecule has 5 aromatic rings. The molecular weight excluding hydrogens is 823 g/mol. The predicted molar refractivity (Wildman–Crippen MR) is 237 cm³/mol. The van der Waals surface area contributed by atoms with E-state index in [1.165, 1.54) is 20.3 Å². The number of nitrogens with zero attached hydrogens (tertiary/aromatic N) is 4. The van der Waals surface area contributed by atoms with Gasteiger partial charge in [-0.15, -0.1) is 0 Å². The van der Waals surface area contributed by atoms with Crippen LogP contribution in [0.3, 0.4) is 0 Å². The Morgan fingerprint density at radius 3 is 2.03 bits per heavy atom. The molecule has 2 fully saturated rings. The highest BCUT2D eigenvalue weighted by atomic mass is 19.3. The molecule has 4 N–H and O–H groups in total. The molecule has 1 saturated carbocycles. The average Bonchev–Trinajstić information content (AvgIpc) is 3.61. The van der Waals surface area contributed by atoms with Crippen LogP contribution in [-0.2, 0) is 25.0 Å². The molecule has 3 heterocycles. The molecular formula is C48H56F2N8O6. The number of amides is 4. The minimum absolute atomic E-state index is 0.00778. The molecule has 4 amide bonds. The maximum Gasteiger partial charge on any atom is 0.407 e. The molecule has 16 heteroatoms. The molecule has 3 aromatic carbocycles. The number of carbonyl (C=O) groups is 4. The van der Waals surface area contributed by atoms with E-state index in [1.54, 1.807) is 34.2 Å². The van der Waals surface area contributed by atoms with Gasteiger partial charge in [-0.2, -0.15) is 8.78 Å². The summed E-state index contributed by atoms with van der Waals surface area (Å²) in [6, 6.07) is 13.4. The van der Waals surface area contributed by atoms with Crippen molar-refractivity contribution in [1.82, 2.24) is 40.4 Å². The number of aromatic nitrogens is 4. The Hall–Kier alpha value is -6.32. The number of likely N-dealkylation sites (tertiary alicyclic amines) is 1. The summed E-state index contributed by atoms with van der Waals surface area (Å²) in [5, 5.41) is 5.37. The fraction of sp³-hybridized carbons (Fsp3) is 0.458. The molecule has 1 aliphatic heterocycles. The van der Waals surface area contributed by atoms with Gasteiger partial charge in [-0.3, -0.25) is 9.59 Å². The largest absolute Gasteiger partial charge is 0.453 e. The zero-order valence-corrected chi connectivity index (χ0v) is 37.5. The number of nitrogens with one attached hydrogen (secondary N) is 4. The lowest BCUT2D eigenvalue weighted by atomic mass is 9.98. The van der Waals surface area contributed by atoms with Gasteiger partial charge in [0.15, 0.2) is 0 Å². The number of halogens is 2. The van der Waals surface area contributed by atoms with E-state index in [-0.39, 0.29) is 46.2 Å². The lowest BCUT2D eigenvalue weighted by molar-refractivity contribution is -0.137. The van der Waals surface area contributed by atoms with Crippen molar-refractivity contribution >= 4 is 35.0 Å². The smallest absolute Gasteiger partial charge is 0.407 e. The molecule has 8 rings (SSSR count). The second-order valence-electron chi connectivity index (χ2n) is 18.1. The molecule has 0 radical (unpaired) electrons. The minimum Gasteiger partial charge on any atom is -0.453 e. The number of aromatic amines is 2. The first-order valence-corrected chi connectivity index (χ1v) is 22.1. The Balaban J connectivity index is 1.03. The number of hydrogen-bond acceptors (Lipinski definition) is 8. The van der Waals surface area contributed by atoms with Crippen LogP contribution in [0.2, 0.25) is 0 Å². The van der Waals surface area contributed by atoms with Crippen molar-refractivity contribution in [3.8, 4) is 33.5 Å². The average molecular weight is 879 g/mol. The normalized spacial score (nSPS) is 18.1. The van der Waals surface area contributed by atoms with Gasteiger partial charge in [0, 0.05) is 29.8 Å². The van der Waals surface area contributed by atoms with Gasteiger partial charge in [-0.05, 0) is 96.4 Å². The lowest BCUT2D eigenvalue weighted by Crippen LogP contribution is -2.52. The summed E-state index contributed by atoms with van der Waals surface area (Å²) in [6.45, 7) is 12.2. The summed E-state index contributed by atoms with van der Waals surface area (Å²) in [5.74, 6) is -2.98. The summed E-state index contributed by atoms with van der Waals surface area (Å²) in [6.07, 6.45) is 3.54. The third-order valence-electron chi connectivity index (χ3n) is 13.3. The van der Waals surface area contributed by atoms with E-state index in [4.69, 9.17) is 14.5 Å². The van der Waals surface area contributed by atoms with Crippen LogP contribution in [0.1, 0.15) is 102 Å². The summed E-state index contributed by atoms with van der Waals surface area (Å²) in [4.78, 5) is 71.8. The number of fused-ring (bicyclic) bond motifs is 4. The fourth-order valence-electron chi connectivity index (χ4n) is 9.51. The molecule has 1 spiro atoms. The van der Waals surface area contributed by atoms with E-state index in [2.05, 4.69) is 25.6 Å². The van der Waals surface area contributed by atoms with Gasteiger partial charge < -0.3 is 39.9 Å². The van der Waals surface area contributed by atoms with Gasteiger partial charge in [0.05, 0.1) is 49.2 Å². The third-order valence-corrected chi connectivity index (χ3v) is 13.3. The summed E-state index contributed by atoms with van der Waals surface area (Å²) in [7, 11) is 2.52. The second kappa shape index (κ2) is 17.0. The first kappa shape index (κ1) is 44.3. The third kappa shape index (κ3) is 7.95. The standard InChI is InChI=1S/C48H56F2N8O6/c1-9-37(57(10-2)43(59)39(25(3)4)55-45(61)63-7)42-52-34-16-13-28(21-35(34)53-42)27-11-14-30-31-15-12-29(20-33(31)48(49,50)32(30)19-27)36-23-51-41(54-36)38-22-47(17-18-47)24-58(38)44(60)40(26(5)6)56-46(62)64-8/h11-16,19-21,23,25-26,37-40H,9-10,17-18,22,24H2,1-8H3,(H,51,54)(H,52,53)(H,55,61)(H,56,62)/t37-,38+,39-,40-/m0/s1. The second-order valence-corrected chi connectivity index (χ2v) is 18.1. The van der Waals surface area contributed by atoms with Gasteiger partial charge in [-0.1, -0.05) is 65.0 Å². The topological polar surface area (TPSA) is 175 Å². The molecule has 338 valence electrons. The van der Waals surface area contributed by atoms with Crippen LogP contribution in [0.15, 0.2) is 60.8 Å². The molecule has 2 aliphatic carbocycles. The number of hydrogen-bond donors (Lipinski definition) is 4. The van der Waals surface area contributed by atoms with Crippen LogP contribution in [0.4, 0.5) is 18.4 Å². The van der Waals surface area contributed by atoms with Crippen molar-refractivity contribution in [2.75, 3.05) is 27.3 Å². The van der Waals surface area contributed by atoms with Gasteiger partial charge in [0.2, 0.25) is 11.8 Å². The van der Waals surface area contributed by atoms with E-state index in [9.17, 15) is 19.2 Å². The number of rotatable bonds is 13. The minimum atomic E-state index is -3.29. The van der Waals surface area contributed by atoms with Gasteiger partial charge in [0.25, 0.3) is 5.92 Å². The number of benzene rings is 3. The van der Waals surface area contributed by atoms with Crippen LogP contribution >= 0.6 is 0 Å². The Morgan fingerprint density at radius 1 is 0.844 bits per heavy atom. The zero-order valence-electron chi connectivity index (χ0n) is 37.5. The van der Waals surface area contributed by atoms with E-state index in [0.717, 1.165) is 24.8 Å². The predicted octanol–water partition coefficient (Wildman–Crippen LogP) is 8.85. The van der Waals surface area contributed by atoms with E-state index < -0.39 is 36.2 Å². The SMILES string of the molecule is CC[C@@H](c1nc2ccc(-c3ccc4c(c3)C(F)(F)c3cc(-c5cnc([C@H]6CC7(CC7)CN6C(=O)[C@@H](NC(=O)OC)C(C)C)[nH]5)ccc3-4)cc2[nH]1)N(CC)C(=O)[C@@H](NC(=O)OC)C(C)C. The number of H-pyrrole nitrogens is 2. The number of alkyl halides is 2. The van der Waals surface area contributed by atoms with Crippen LogP contribution in [0.5, 0.6) is 0 Å². The van der Waals surface area contributed by atoms with Crippen molar-refractivity contribution in [3.63, 3.8) is 0 Å². The van der Waals surface area contributed by atoms with Crippen molar-refractivity contribution < 1.29 is 37.4 Å². The number of methoxy groups -OCH3 is 2. The first-order chi connectivity index (χ1) is 30.5. The first-order valence-electron chi connectivity index (χ1n) is 22.1. The molecule has 4 atom stereocenters. The number of imidazole rings is 2. The molecule has 3 aliphatic rings. The summed E-state index contributed by atoms with van der Waals surface area (Å²) < 4.78 is 42.8. The molecule has 14 nitrogen and oxygen atoms in total. The van der Waals surface area contributed by atoms with E-state index in [1.807, 2.05) is 71.9 Å². The quantitative estimate of drug-likeness (QED) is 0.0908. The van der Waals surface area contributed by atoms with Crippen LogP contribution in [-0.4, -0.2) is 93.1 Å². The van der Waals surface area contributed by atoms with Crippen LogP contribution < -0.4 is 10.6 Å². The highest BCUT2D eigenvalue weighted by molar-refractivity contribution is 5.89. The molecule has 0 bridgehead atoms. The Bertz CT molecular complexity index is 2620. The highest BCUT2D eigenvalue weighted by Crippen LogP contribution is 2.58. The Kier molecular flexibility index (Phi) is 11.8. The van der Waals surface area contributed by atoms with Crippen LogP contribution in [0.25, 0.3) is 44.5 Å². The van der Waals surface area contributed by atoms with Crippen molar-refractivity contribution in [2.45, 2.75) is 97.3 Å². The zero-order chi connectivity index (χ0) is 45.8. The lowest BCUT2D eigenvalue weighted by Gasteiger charge is -2.33. The highest BCUT2D eigenvalue weighted by Gasteiger charge is 2.55. The van der Waals surface area contributed by atoms with Crippen molar-refractivity contribution in [1.29, 1.82) is 0 Å². The van der Waals surface area contributed by atoms with Crippen LogP contribution in [0, 0.1) is 17.3 Å². The van der Waals surface area contributed by atoms with E-state index >= 15 is 8.78 Å². The Morgan fingerprint density at radius 2 is 1.44 bits per heavy atom. The number of carbonyl (C=O) groups excluding carboxylic acids is 4. The number of alkyl carbamates (subject to hydrolysis) is 2. The summed E-state index contributed by atoms with van der Waals surface area (Å²) in [5.41, 5.74) is 4.51. The fourth-order valence-corrected chi connectivity index (χ4v) is 9.51. The molecule has 0 unspecified atom stereocenters. The molecule has 64 heavy (non-hydrogen) atoms. The number of likely N-dealkylation sites (N-methyl/N-ethyl adjacent to an activating group) is 1. The monoisotopic (exact) mass is 878 g/mol.